The Hall–Kier alpha value is -0.0900. The molecule has 1 atom stereocenters. The molecule has 1 saturated heterocycles. The van der Waals surface area contributed by atoms with Crippen molar-refractivity contribution in [1.82, 2.24) is 5.32 Å². The number of rotatable bonds is 1. The third kappa shape index (κ3) is 1.50. The van der Waals surface area contributed by atoms with Crippen molar-refractivity contribution < 1.29 is 8.42 Å². The van der Waals surface area contributed by atoms with Crippen LogP contribution in [-0.4, -0.2) is 32.5 Å². The second-order valence-corrected chi connectivity index (χ2v) is 6.50. The van der Waals surface area contributed by atoms with Gasteiger partial charge in [-0.1, -0.05) is 6.92 Å². The molecule has 0 radical (unpaired) electrons. The summed E-state index contributed by atoms with van der Waals surface area (Å²) in [7, 11) is -2.74. The molecule has 12 heavy (non-hydrogen) atoms. The van der Waals surface area contributed by atoms with Gasteiger partial charge in [-0.2, -0.15) is 0 Å². The molecular formula is C8H15NO2S. The lowest BCUT2D eigenvalue weighted by Crippen LogP contribution is -2.49. The molecule has 1 unspecified atom stereocenters. The lowest BCUT2D eigenvalue weighted by Gasteiger charge is -2.28. The molecule has 0 spiro atoms. The first-order chi connectivity index (χ1) is 5.52. The van der Waals surface area contributed by atoms with Crippen LogP contribution in [0.15, 0.2) is 0 Å². The van der Waals surface area contributed by atoms with Gasteiger partial charge in [-0.15, -0.1) is 0 Å². The second kappa shape index (κ2) is 2.45. The minimum Gasteiger partial charge on any atom is -0.311 e. The molecule has 0 aromatic heterocycles. The predicted molar refractivity (Wildman–Crippen MR) is 47.8 cm³/mol. The highest BCUT2D eigenvalue weighted by molar-refractivity contribution is 7.91. The van der Waals surface area contributed by atoms with E-state index in [0.717, 1.165) is 0 Å². The number of hydrogen-bond acceptors (Lipinski definition) is 3. The highest BCUT2D eigenvalue weighted by atomic mass is 32.2. The largest absolute Gasteiger partial charge is 0.311 e. The zero-order valence-electron chi connectivity index (χ0n) is 7.34. The van der Waals surface area contributed by atoms with Gasteiger partial charge < -0.3 is 5.32 Å². The fourth-order valence-electron chi connectivity index (χ4n) is 1.78. The highest BCUT2D eigenvalue weighted by Gasteiger charge is 2.47. The van der Waals surface area contributed by atoms with E-state index in [4.69, 9.17) is 0 Å². The van der Waals surface area contributed by atoms with Gasteiger partial charge in [0.25, 0.3) is 0 Å². The monoisotopic (exact) mass is 189 g/mol. The average Bonchev–Trinajstić information content (AvgIpc) is 2.67. The van der Waals surface area contributed by atoms with Crippen LogP contribution < -0.4 is 5.32 Å². The van der Waals surface area contributed by atoms with Gasteiger partial charge in [0, 0.05) is 12.6 Å². The smallest absolute Gasteiger partial charge is 0.153 e. The highest BCUT2D eigenvalue weighted by Crippen LogP contribution is 2.48. The summed E-state index contributed by atoms with van der Waals surface area (Å²) < 4.78 is 22.6. The van der Waals surface area contributed by atoms with Gasteiger partial charge in [0.15, 0.2) is 9.84 Å². The number of nitrogens with one attached hydrogen (secondary N) is 1. The van der Waals surface area contributed by atoms with Crippen molar-refractivity contribution in [3.8, 4) is 0 Å². The predicted octanol–water partition coefficient (Wildman–Crippen LogP) is 0.173. The van der Waals surface area contributed by atoms with Crippen molar-refractivity contribution >= 4 is 9.84 Å². The molecule has 1 N–H and O–H groups in total. The van der Waals surface area contributed by atoms with E-state index in [2.05, 4.69) is 12.2 Å². The molecular weight excluding hydrogens is 174 g/mol. The van der Waals surface area contributed by atoms with Crippen molar-refractivity contribution in [2.24, 2.45) is 5.41 Å². The van der Waals surface area contributed by atoms with Crippen molar-refractivity contribution in [1.29, 1.82) is 0 Å². The van der Waals surface area contributed by atoms with Crippen molar-refractivity contribution in [2.45, 2.75) is 25.8 Å². The molecule has 3 nitrogen and oxygen atoms in total. The summed E-state index contributed by atoms with van der Waals surface area (Å²) in [6.45, 7) is 2.81. The molecule has 1 heterocycles. The Bertz CT molecular complexity index is 279. The Morgan fingerprint density at radius 2 is 2.08 bits per heavy atom. The van der Waals surface area contributed by atoms with E-state index < -0.39 is 9.84 Å². The van der Waals surface area contributed by atoms with Crippen molar-refractivity contribution in [3.63, 3.8) is 0 Å². The molecule has 0 amide bonds. The third-order valence-corrected chi connectivity index (χ3v) is 4.77. The molecule has 0 aromatic carbocycles. The number of sulfone groups is 1. The molecule has 1 saturated carbocycles. The average molecular weight is 189 g/mol. The first-order valence-electron chi connectivity index (χ1n) is 4.46. The van der Waals surface area contributed by atoms with Crippen LogP contribution in [0.2, 0.25) is 0 Å². The van der Waals surface area contributed by atoms with Crippen LogP contribution in [0.3, 0.4) is 0 Å². The minimum absolute atomic E-state index is 0.219. The van der Waals surface area contributed by atoms with Crippen molar-refractivity contribution in [3.05, 3.63) is 0 Å². The molecule has 2 fully saturated rings. The summed E-state index contributed by atoms with van der Waals surface area (Å²) in [6, 6.07) is 0.219. The lowest BCUT2D eigenvalue weighted by molar-refractivity contribution is 0.378. The van der Waals surface area contributed by atoms with Gasteiger partial charge in [-0.3, -0.25) is 0 Å². The van der Waals surface area contributed by atoms with Crippen LogP contribution >= 0.6 is 0 Å². The number of hydrogen-bond donors (Lipinski definition) is 1. The summed E-state index contributed by atoms with van der Waals surface area (Å²) in [5.74, 6) is 0.670. The Kier molecular flexibility index (Phi) is 1.74. The first kappa shape index (κ1) is 8.51. The van der Waals surface area contributed by atoms with Gasteiger partial charge in [0.1, 0.15) is 0 Å². The molecule has 2 rings (SSSR count). The van der Waals surface area contributed by atoms with E-state index in [-0.39, 0.29) is 11.5 Å². The van der Waals surface area contributed by atoms with Crippen LogP contribution in [0.4, 0.5) is 0 Å². The summed E-state index contributed by atoms with van der Waals surface area (Å²) in [5.41, 5.74) is 0.285. The topological polar surface area (TPSA) is 46.2 Å². The lowest BCUT2D eigenvalue weighted by atomic mass is 10.0. The molecule has 1 aliphatic carbocycles. The zero-order valence-corrected chi connectivity index (χ0v) is 8.15. The first-order valence-corrected chi connectivity index (χ1v) is 6.28. The van der Waals surface area contributed by atoms with E-state index in [1.165, 1.54) is 12.8 Å². The summed E-state index contributed by atoms with van der Waals surface area (Å²) in [5, 5.41) is 3.30. The van der Waals surface area contributed by atoms with Gasteiger partial charge >= 0.3 is 0 Å². The summed E-state index contributed by atoms with van der Waals surface area (Å²) in [4.78, 5) is 0. The maximum Gasteiger partial charge on any atom is 0.153 e. The van der Waals surface area contributed by atoms with Crippen LogP contribution in [0.1, 0.15) is 19.8 Å². The van der Waals surface area contributed by atoms with E-state index in [0.29, 0.717) is 18.1 Å². The van der Waals surface area contributed by atoms with E-state index in [1.807, 2.05) is 0 Å². The van der Waals surface area contributed by atoms with Gasteiger partial charge in [0.05, 0.1) is 11.5 Å². The normalized spacial score (nSPS) is 37.6. The molecule has 0 bridgehead atoms. The molecule has 0 aromatic rings. The zero-order chi connectivity index (χ0) is 8.82. The minimum atomic E-state index is -2.74. The Balaban J connectivity index is 2.09. The van der Waals surface area contributed by atoms with Crippen LogP contribution in [0, 0.1) is 5.41 Å². The SMILES string of the molecule is CC1(C2CS(=O)(=O)CCN2)CC1. The fourth-order valence-corrected chi connectivity index (χ4v) is 3.40. The third-order valence-electron chi connectivity index (χ3n) is 3.10. The maximum absolute atomic E-state index is 11.3. The fraction of sp³-hybridized carbons (Fsp3) is 1.00. The van der Waals surface area contributed by atoms with Gasteiger partial charge in [-0.25, -0.2) is 8.42 Å². The van der Waals surface area contributed by atoms with Gasteiger partial charge in [-0.05, 0) is 18.3 Å². The molecule has 4 heteroatoms. The Morgan fingerprint density at radius 3 is 2.58 bits per heavy atom. The quantitative estimate of drug-likeness (QED) is 0.640. The molecule has 70 valence electrons. The van der Waals surface area contributed by atoms with Crippen LogP contribution in [-0.2, 0) is 9.84 Å². The Morgan fingerprint density at radius 1 is 1.42 bits per heavy atom. The summed E-state index contributed by atoms with van der Waals surface area (Å²) >= 11 is 0. The second-order valence-electron chi connectivity index (χ2n) is 4.28. The van der Waals surface area contributed by atoms with Gasteiger partial charge in [0.2, 0.25) is 0 Å². The van der Waals surface area contributed by atoms with E-state index >= 15 is 0 Å². The Labute approximate surface area is 73.5 Å². The molecule has 2 aliphatic rings. The maximum atomic E-state index is 11.3. The van der Waals surface area contributed by atoms with Crippen LogP contribution in [0.5, 0.6) is 0 Å². The van der Waals surface area contributed by atoms with Crippen molar-refractivity contribution in [2.75, 3.05) is 18.1 Å². The molecule has 1 aliphatic heterocycles. The standard InChI is InChI=1S/C8H15NO2S/c1-8(2-3-8)7-6-12(10,11)5-4-9-7/h7,9H,2-6H2,1H3. The summed E-state index contributed by atoms with van der Waals surface area (Å²) in [6.07, 6.45) is 2.36. The van der Waals surface area contributed by atoms with E-state index in [9.17, 15) is 8.42 Å². The van der Waals surface area contributed by atoms with Crippen LogP contribution in [0.25, 0.3) is 0 Å². The van der Waals surface area contributed by atoms with E-state index in [1.54, 1.807) is 0 Å².